The van der Waals surface area contributed by atoms with Crippen LogP contribution in [-0.4, -0.2) is 19.5 Å². The van der Waals surface area contributed by atoms with Crippen molar-refractivity contribution in [1.82, 2.24) is 0 Å². The van der Waals surface area contributed by atoms with Gasteiger partial charge in [-0.25, -0.2) is 0 Å². The van der Waals surface area contributed by atoms with Crippen LogP contribution in [0.15, 0.2) is 18.2 Å². The number of aryl methyl sites for hydroxylation is 2. The van der Waals surface area contributed by atoms with Gasteiger partial charge in [0.25, 0.3) is 0 Å². The second kappa shape index (κ2) is 5.21. The normalized spacial score (nSPS) is 11.6. The molecule has 0 amide bonds. The zero-order valence-electron chi connectivity index (χ0n) is 9.19. The Morgan fingerprint density at radius 2 is 1.94 bits per heavy atom. The molecule has 0 fully saturated rings. The minimum Gasteiger partial charge on any atom is -0.383 e. The third-order valence-electron chi connectivity index (χ3n) is 2.07. The van der Waals surface area contributed by atoms with Gasteiger partial charge < -0.3 is 5.32 Å². The summed E-state index contributed by atoms with van der Waals surface area (Å²) in [7, 11) is 0. The zero-order chi connectivity index (χ0) is 12.2. The van der Waals surface area contributed by atoms with Crippen LogP contribution in [0, 0.1) is 13.8 Å². The summed E-state index contributed by atoms with van der Waals surface area (Å²) in [6.45, 7) is 3.60. The third kappa shape index (κ3) is 4.53. The number of ether oxygens (including phenoxy) is 1. The quantitative estimate of drug-likeness (QED) is 0.806. The molecule has 0 aliphatic rings. The third-order valence-corrected chi connectivity index (χ3v) is 2.07. The van der Waals surface area contributed by atoms with E-state index in [1.165, 1.54) is 0 Å². The zero-order valence-corrected chi connectivity index (χ0v) is 9.19. The molecule has 0 aromatic heterocycles. The van der Waals surface area contributed by atoms with Gasteiger partial charge in [0.15, 0.2) is 0 Å². The Kier molecular flexibility index (Phi) is 4.18. The second-order valence-electron chi connectivity index (χ2n) is 3.54. The standard InChI is InChI=1S/C11H14F3NO/c1-8-3-4-10(9(2)7-8)15-5-6-16-11(12,13)14/h3-4,7,15H,5-6H2,1-2H3. The summed E-state index contributed by atoms with van der Waals surface area (Å²) in [5, 5.41) is 2.89. The predicted molar refractivity (Wildman–Crippen MR) is 56.4 cm³/mol. The molecule has 90 valence electrons. The van der Waals surface area contributed by atoms with E-state index in [4.69, 9.17) is 0 Å². The highest BCUT2D eigenvalue weighted by Gasteiger charge is 2.28. The Labute approximate surface area is 92.4 Å². The van der Waals surface area contributed by atoms with E-state index in [9.17, 15) is 13.2 Å². The molecule has 1 aromatic rings. The summed E-state index contributed by atoms with van der Waals surface area (Å²) in [4.78, 5) is 0. The minimum absolute atomic E-state index is 0.128. The van der Waals surface area contributed by atoms with Crippen molar-refractivity contribution in [3.05, 3.63) is 29.3 Å². The summed E-state index contributed by atoms with van der Waals surface area (Å²) >= 11 is 0. The number of benzene rings is 1. The molecule has 0 radical (unpaired) electrons. The van der Waals surface area contributed by atoms with E-state index >= 15 is 0 Å². The molecule has 16 heavy (non-hydrogen) atoms. The van der Waals surface area contributed by atoms with Crippen molar-refractivity contribution >= 4 is 5.69 Å². The van der Waals surface area contributed by atoms with E-state index in [1.54, 1.807) is 0 Å². The number of nitrogens with one attached hydrogen (secondary N) is 1. The van der Waals surface area contributed by atoms with Gasteiger partial charge in [0.05, 0.1) is 6.61 Å². The van der Waals surface area contributed by atoms with Crippen LogP contribution in [0.25, 0.3) is 0 Å². The fourth-order valence-corrected chi connectivity index (χ4v) is 1.36. The van der Waals surface area contributed by atoms with Crippen LogP contribution in [0.2, 0.25) is 0 Å². The lowest BCUT2D eigenvalue weighted by atomic mass is 10.1. The number of anilines is 1. The van der Waals surface area contributed by atoms with Crippen molar-refractivity contribution in [2.45, 2.75) is 20.2 Å². The van der Waals surface area contributed by atoms with Crippen LogP contribution in [0.5, 0.6) is 0 Å². The number of halogens is 3. The summed E-state index contributed by atoms with van der Waals surface area (Å²) in [6, 6.07) is 5.71. The average molecular weight is 233 g/mol. The fraction of sp³-hybridized carbons (Fsp3) is 0.455. The predicted octanol–water partition coefficient (Wildman–Crippen LogP) is 3.25. The van der Waals surface area contributed by atoms with Crippen molar-refractivity contribution < 1.29 is 17.9 Å². The van der Waals surface area contributed by atoms with Crippen molar-refractivity contribution in [3.63, 3.8) is 0 Å². The molecule has 0 unspecified atom stereocenters. The first-order chi connectivity index (χ1) is 7.38. The van der Waals surface area contributed by atoms with E-state index in [0.717, 1.165) is 16.8 Å². The Balaban J connectivity index is 2.38. The molecule has 0 atom stereocenters. The molecule has 1 N–H and O–H groups in total. The largest absolute Gasteiger partial charge is 0.522 e. The SMILES string of the molecule is Cc1ccc(NCCOC(F)(F)F)c(C)c1. The molecule has 0 saturated heterocycles. The summed E-state index contributed by atoms with van der Waals surface area (Å²) in [5.74, 6) is 0. The number of rotatable bonds is 4. The molecule has 0 saturated carbocycles. The first-order valence-corrected chi connectivity index (χ1v) is 4.90. The lowest BCUT2D eigenvalue weighted by molar-refractivity contribution is -0.322. The van der Waals surface area contributed by atoms with Crippen LogP contribution in [0.4, 0.5) is 18.9 Å². The first-order valence-electron chi connectivity index (χ1n) is 4.90. The topological polar surface area (TPSA) is 21.3 Å². The van der Waals surface area contributed by atoms with Gasteiger partial charge in [0.2, 0.25) is 0 Å². The molecular weight excluding hydrogens is 219 g/mol. The Morgan fingerprint density at radius 3 is 2.50 bits per heavy atom. The molecule has 0 spiro atoms. The lowest BCUT2D eigenvalue weighted by Crippen LogP contribution is -2.19. The number of alkyl halides is 3. The molecule has 2 nitrogen and oxygen atoms in total. The van der Waals surface area contributed by atoms with Crippen LogP contribution in [0.1, 0.15) is 11.1 Å². The highest BCUT2D eigenvalue weighted by molar-refractivity contribution is 5.51. The Morgan fingerprint density at radius 1 is 1.25 bits per heavy atom. The monoisotopic (exact) mass is 233 g/mol. The Bertz CT molecular complexity index is 350. The molecule has 1 rings (SSSR count). The Hall–Kier alpha value is -1.23. The van der Waals surface area contributed by atoms with Crippen LogP contribution in [-0.2, 0) is 4.74 Å². The number of hydrogen-bond donors (Lipinski definition) is 1. The van der Waals surface area contributed by atoms with Gasteiger partial charge in [-0.2, -0.15) is 0 Å². The van der Waals surface area contributed by atoms with E-state index in [1.807, 2.05) is 32.0 Å². The van der Waals surface area contributed by atoms with Gasteiger partial charge in [-0.3, -0.25) is 4.74 Å². The minimum atomic E-state index is -4.55. The smallest absolute Gasteiger partial charge is 0.383 e. The maximum Gasteiger partial charge on any atom is 0.522 e. The van der Waals surface area contributed by atoms with Crippen LogP contribution < -0.4 is 5.32 Å². The molecule has 5 heteroatoms. The van der Waals surface area contributed by atoms with Crippen LogP contribution in [0.3, 0.4) is 0 Å². The maximum atomic E-state index is 11.7. The van der Waals surface area contributed by atoms with E-state index < -0.39 is 13.0 Å². The van der Waals surface area contributed by atoms with Gasteiger partial charge in [0, 0.05) is 12.2 Å². The van der Waals surface area contributed by atoms with Gasteiger partial charge in [0.1, 0.15) is 0 Å². The summed E-state index contributed by atoms with van der Waals surface area (Å²) < 4.78 is 38.6. The van der Waals surface area contributed by atoms with E-state index in [0.29, 0.717) is 0 Å². The average Bonchev–Trinajstić information content (AvgIpc) is 2.13. The fourth-order valence-electron chi connectivity index (χ4n) is 1.36. The highest BCUT2D eigenvalue weighted by atomic mass is 19.4. The van der Waals surface area contributed by atoms with Gasteiger partial charge in [-0.05, 0) is 25.5 Å². The van der Waals surface area contributed by atoms with E-state index in [2.05, 4.69) is 10.1 Å². The molecular formula is C11H14F3NO. The van der Waals surface area contributed by atoms with Gasteiger partial charge >= 0.3 is 6.36 Å². The molecule has 0 aliphatic heterocycles. The van der Waals surface area contributed by atoms with Crippen molar-refractivity contribution in [1.29, 1.82) is 0 Å². The van der Waals surface area contributed by atoms with E-state index in [-0.39, 0.29) is 6.54 Å². The summed E-state index contributed by atoms with van der Waals surface area (Å²) in [5.41, 5.74) is 2.96. The number of hydrogen-bond acceptors (Lipinski definition) is 2. The lowest BCUT2D eigenvalue weighted by Gasteiger charge is -2.11. The van der Waals surface area contributed by atoms with Crippen molar-refractivity contribution in [3.8, 4) is 0 Å². The van der Waals surface area contributed by atoms with Gasteiger partial charge in [-0.1, -0.05) is 17.7 Å². The molecule has 0 bridgehead atoms. The van der Waals surface area contributed by atoms with Crippen molar-refractivity contribution in [2.75, 3.05) is 18.5 Å². The maximum absolute atomic E-state index is 11.7. The van der Waals surface area contributed by atoms with Crippen LogP contribution >= 0.6 is 0 Å². The first kappa shape index (κ1) is 12.8. The summed E-state index contributed by atoms with van der Waals surface area (Å²) in [6.07, 6.45) is -4.55. The van der Waals surface area contributed by atoms with Crippen molar-refractivity contribution in [2.24, 2.45) is 0 Å². The highest BCUT2D eigenvalue weighted by Crippen LogP contribution is 2.17. The molecule has 1 aromatic carbocycles. The van der Waals surface area contributed by atoms with Gasteiger partial charge in [-0.15, -0.1) is 13.2 Å². The molecule has 0 heterocycles. The second-order valence-corrected chi connectivity index (χ2v) is 3.54. The molecule has 0 aliphatic carbocycles.